The van der Waals surface area contributed by atoms with Crippen LogP contribution < -0.4 is 14.8 Å². The first-order valence-corrected chi connectivity index (χ1v) is 13.8. The average molecular weight is 506 g/mol. The lowest BCUT2D eigenvalue weighted by atomic mass is 9.77. The molecule has 0 radical (unpaired) electrons. The first kappa shape index (κ1) is 27.5. The minimum absolute atomic E-state index is 0.134. The fourth-order valence-corrected chi connectivity index (χ4v) is 5.76. The van der Waals surface area contributed by atoms with Crippen molar-refractivity contribution in [1.29, 1.82) is 0 Å². The van der Waals surface area contributed by atoms with E-state index in [4.69, 9.17) is 9.47 Å². The van der Waals surface area contributed by atoms with E-state index in [1.165, 1.54) is 0 Å². The maximum absolute atomic E-state index is 12.8. The van der Waals surface area contributed by atoms with Crippen LogP contribution in [-0.4, -0.2) is 27.0 Å². The summed E-state index contributed by atoms with van der Waals surface area (Å²) in [5, 5.41) is 13.2. The molecule has 0 spiro atoms. The van der Waals surface area contributed by atoms with Crippen molar-refractivity contribution in [3.05, 3.63) is 52.6 Å². The van der Waals surface area contributed by atoms with E-state index in [0.29, 0.717) is 11.5 Å². The molecule has 8 heteroatoms. The molecular formula is C27H40NO6P. The maximum Gasteiger partial charge on any atom is 0.345 e. The van der Waals surface area contributed by atoms with Crippen molar-refractivity contribution in [3.8, 4) is 17.2 Å². The van der Waals surface area contributed by atoms with Gasteiger partial charge in [-0.1, -0.05) is 61.5 Å². The van der Waals surface area contributed by atoms with Gasteiger partial charge in [-0.15, -0.1) is 0 Å². The molecule has 2 aromatic carbocycles. The number of phenols is 1. The average Bonchev–Trinajstić information content (AvgIpc) is 3.20. The number of benzene rings is 2. The van der Waals surface area contributed by atoms with Crippen molar-refractivity contribution in [1.82, 2.24) is 5.32 Å². The Morgan fingerprint density at radius 3 is 1.86 bits per heavy atom. The summed E-state index contributed by atoms with van der Waals surface area (Å²) in [6.07, 6.45) is 0.482. The zero-order chi connectivity index (χ0) is 26.4. The summed E-state index contributed by atoms with van der Waals surface area (Å²) in [5.41, 5.74) is 2.46. The smallest absolute Gasteiger partial charge is 0.345 e. The number of rotatable bonds is 7. The maximum atomic E-state index is 12.8. The minimum atomic E-state index is -4.53. The number of nitrogens with one attached hydrogen (secondary N) is 1. The number of hydrogen-bond acceptors (Lipinski definition) is 5. The summed E-state index contributed by atoms with van der Waals surface area (Å²) in [6.45, 7) is 15.9. The fraction of sp³-hybridized carbons (Fsp3) is 0.556. The second kappa shape index (κ2) is 9.44. The highest BCUT2D eigenvalue weighted by Crippen LogP contribution is 2.54. The van der Waals surface area contributed by atoms with Gasteiger partial charge in [-0.25, -0.2) is 0 Å². The number of ether oxygens (including phenoxy) is 2. The zero-order valence-electron chi connectivity index (χ0n) is 22.1. The van der Waals surface area contributed by atoms with Crippen LogP contribution in [-0.2, 0) is 15.4 Å². The summed E-state index contributed by atoms with van der Waals surface area (Å²) in [7, 11) is -4.53. The first-order chi connectivity index (χ1) is 16.0. The van der Waals surface area contributed by atoms with Crippen molar-refractivity contribution < 1.29 is 28.9 Å². The van der Waals surface area contributed by atoms with Gasteiger partial charge in [0.1, 0.15) is 11.0 Å². The number of hydrogen-bond donors (Lipinski definition) is 4. The van der Waals surface area contributed by atoms with E-state index in [0.717, 1.165) is 22.3 Å². The molecule has 4 N–H and O–H groups in total. The van der Waals surface area contributed by atoms with Gasteiger partial charge >= 0.3 is 7.60 Å². The summed E-state index contributed by atoms with van der Waals surface area (Å²) in [6, 6.07) is 8.89. The van der Waals surface area contributed by atoms with Crippen LogP contribution in [0.3, 0.4) is 0 Å². The predicted molar refractivity (Wildman–Crippen MR) is 138 cm³/mol. The second-order valence-electron chi connectivity index (χ2n) is 11.4. The van der Waals surface area contributed by atoms with Crippen molar-refractivity contribution in [2.75, 3.05) is 6.79 Å². The summed E-state index contributed by atoms with van der Waals surface area (Å²) < 4.78 is 23.8. The van der Waals surface area contributed by atoms with Gasteiger partial charge in [0.05, 0.1) is 6.04 Å². The highest BCUT2D eigenvalue weighted by atomic mass is 31.2. The zero-order valence-corrected chi connectivity index (χ0v) is 23.0. The molecule has 1 atom stereocenters. The SMILES string of the molecule is CCC(CC)(NC(c1ccc2c(c1)OCO2)c1cc(C(C)(C)C)c(O)c(C(C)(C)C)c1)P(=O)(O)O. The fourth-order valence-electron chi connectivity index (χ4n) is 4.64. The summed E-state index contributed by atoms with van der Waals surface area (Å²) in [4.78, 5) is 20.8. The summed E-state index contributed by atoms with van der Waals surface area (Å²) >= 11 is 0. The lowest BCUT2D eigenvalue weighted by molar-refractivity contribution is 0.174. The van der Waals surface area contributed by atoms with Gasteiger partial charge in [0.2, 0.25) is 6.79 Å². The predicted octanol–water partition coefficient (Wildman–Crippen LogP) is 6.09. The van der Waals surface area contributed by atoms with Gasteiger partial charge in [0.15, 0.2) is 11.5 Å². The number of aromatic hydroxyl groups is 1. The van der Waals surface area contributed by atoms with Gasteiger partial charge in [0.25, 0.3) is 0 Å². The Kier molecular flexibility index (Phi) is 7.42. The van der Waals surface area contributed by atoms with E-state index < -0.39 is 18.9 Å². The third kappa shape index (κ3) is 5.39. The van der Waals surface area contributed by atoms with Gasteiger partial charge < -0.3 is 24.4 Å². The van der Waals surface area contributed by atoms with E-state index in [1.807, 2.05) is 71.9 Å². The summed E-state index contributed by atoms with van der Waals surface area (Å²) in [5.74, 6) is 1.48. The Labute approximate surface area is 209 Å². The van der Waals surface area contributed by atoms with Crippen LogP contribution in [0.4, 0.5) is 0 Å². The molecule has 0 fully saturated rings. The third-order valence-electron chi connectivity index (χ3n) is 6.95. The number of phenolic OH excluding ortho intramolecular Hbond substituents is 1. The third-order valence-corrected chi connectivity index (χ3v) is 8.83. The Balaban J connectivity index is 2.31. The molecule has 2 aromatic rings. The van der Waals surface area contributed by atoms with Crippen LogP contribution in [0.5, 0.6) is 17.2 Å². The van der Waals surface area contributed by atoms with Crippen LogP contribution >= 0.6 is 7.60 Å². The van der Waals surface area contributed by atoms with Crippen LogP contribution in [0.15, 0.2) is 30.3 Å². The van der Waals surface area contributed by atoms with Crippen LogP contribution in [0.2, 0.25) is 0 Å². The normalized spacial score (nSPS) is 15.4. The first-order valence-electron chi connectivity index (χ1n) is 12.1. The van der Waals surface area contributed by atoms with E-state index in [1.54, 1.807) is 13.8 Å². The topological polar surface area (TPSA) is 108 Å². The molecule has 1 unspecified atom stereocenters. The molecule has 0 saturated carbocycles. The van der Waals surface area contributed by atoms with Crippen LogP contribution in [0.1, 0.15) is 96.5 Å². The Bertz CT molecular complexity index is 1090. The quantitative estimate of drug-likeness (QED) is 0.337. The lowest BCUT2D eigenvalue weighted by Crippen LogP contribution is -2.46. The van der Waals surface area contributed by atoms with Crippen LogP contribution in [0.25, 0.3) is 0 Å². The molecule has 0 saturated heterocycles. The van der Waals surface area contributed by atoms with Crippen molar-refractivity contribution in [3.63, 3.8) is 0 Å². The van der Waals surface area contributed by atoms with Gasteiger partial charge in [0, 0.05) is 0 Å². The highest BCUT2D eigenvalue weighted by Gasteiger charge is 2.46. The molecule has 35 heavy (non-hydrogen) atoms. The van der Waals surface area contributed by atoms with E-state index in [-0.39, 0.29) is 36.2 Å². The standard InChI is InChI=1S/C27H40NO6P/c1-9-27(10-2,35(30,31)32)28-23(17-11-12-21-22(15-17)34-16-33-21)18-13-19(25(3,4)5)24(29)20(14-18)26(6,7)8/h11-15,23,28-29H,9-10,16H2,1-8H3,(H2,30,31,32). The Hall–Kier alpha value is -2.05. The van der Waals surface area contributed by atoms with E-state index in [2.05, 4.69) is 5.32 Å². The largest absolute Gasteiger partial charge is 0.507 e. The molecule has 1 aliphatic rings. The van der Waals surface area contributed by atoms with Gasteiger partial charge in [-0.05, 0) is 70.2 Å². The van der Waals surface area contributed by atoms with Crippen LogP contribution in [0, 0.1) is 0 Å². The highest BCUT2D eigenvalue weighted by molar-refractivity contribution is 7.53. The molecule has 1 heterocycles. The Morgan fingerprint density at radius 1 is 0.886 bits per heavy atom. The van der Waals surface area contributed by atoms with Crippen molar-refractivity contribution in [2.45, 2.75) is 90.4 Å². The molecule has 1 aliphatic heterocycles. The van der Waals surface area contributed by atoms with E-state index >= 15 is 0 Å². The monoisotopic (exact) mass is 505 g/mol. The molecule has 194 valence electrons. The molecule has 0 bridgehead atoms. The molecule has 3 rings (SSSR count). The lowest BCUT2D eigenvalue weighted by Gasteiger charge is -2.38. The Morgan fingerprint density at radius 2 is 1.40 bits per heavy atom. The second-order valence-corrected chi connectivity index (χ2v) is 13.4. The number of fused-ring (bicyclic) bond motifs is 1. The minimum Gasteiger partial charge on any atom is -0.507 e. The molecule has 0 aliphatic carbocycles. The molecule has 0 aromatic heterocycles. The molecular weight excluding hydrogens is 465 g/mol. The van der Waals surface area contributed by atoms with Gasteiger partial charge in [-0.3, -0.25) is 9.88 Å². The van der Waals surface area contributed by atoms with Crippen molar-refractivity contribution in [2.24, 2.45) is 0 Å². The molecule has 0 amide bonds. The van der Waals surface area contributed by atoms with Crippen molar-refractivity contribution >= 4 is 7.60 Å². The van der Waals surface area contributed by atoms with Gasteiger partial charge in [-0.2, -0.15) is 0 Å². The molecule has 7 nitrogen and oxygen atoms in total. The van der Waals surface area contributed by atoms with E-state index in [9.17, 15) is 19.5 Å².